The average molecular weight is 372 g/mol. The third kappa shape index (κ3) is 3.96. The first-order valence-electron chi connectivity index (χ1n) is 10.6. The first-order chi connectivity index (χ1) is 13.0. The summed E-state index contributed by atoms with van der Waals surface area (Å²) in [6, 6.07) is 2.15. The molecule has 4 rings (SSSR count). The van der Waals surface area contributed by atoms with Gasteiger partial charge in [-0.05, 0) is 52.0 Å². The van der Waals surface area contributed by atoms with Gasteiger partial charge in [-0.25, -0.2) is 9.97 Å². The minimum Gasteiger partial charge on any atom is -0.353 e. The molecule has 0 bridgehead atoms. The van der Waals surface area contributed by atoms with Crippen molar-refractivity contribution < 1.29 is 4.79 Å². The van der Waals surface area contributed by atoms with Crippen LogP contribution in [0.1, 0.15) is 50.5 Å². The van der Waals surface area contributed by atoms with E-state index in [1.807, 2.05) is 6.92 Å². The van der Waals surface area contributed by atoms with Gasteiger partial charge in [0.05, 0.1) is 0 Å². The molecule has 27 heavy (non-hydrogen) atoms. The van der Waals surface area contributed by atoms with Crippen LogP contribution in [0.3, 0.4) is 0 Å². The molecule has 6 nitrogen and oxygen atoms in total. The quantitative estimate of drug-likeness (QED) is 0.813. The number of amides is 1. The summed E-state index contributed by atoms with van der Waals surface area (Å²) in [5.41, 5.74) is 1.18. The van der Waals surface area contributed by atoms with Gasteiger partial charge < -0.3 is 9.80 Å². The summed E-state index contributed by atoms with van der Waals surface area (Å²) in [6.45, 7) is 8.95. The summed E-state index contributed by atoms with van der Waals surface area (Å²) < 4.78 is 0. The second-order valence-electron chi connectivity index (χ2n) is 8.72. The Balaban J connectivity index is 1.53. The van der Waals surface area contributed by atoms with Crippen LogP contribution >= 0.6 is 0 Å². The molecule has 1 spiro atoms. The SMILES string of the molecule is CCc1cc(N2CCN(C)[C@]3(CCC(=O)N(CC4CC4)CC3)C2)nc(C)n1. The molecule has 0 aromatic carbocycles. The van der Waals surface area contributed by atoms with Crippen LogP contribution in [0.2, 0.25) is 0 Å². The zero-order valence-electron chi connectivity index (χ0n) is 17.1. The van der Waals surface area contributed by atoms with Crippen LogP contribution in [0, 0.1) is 12.8 Å². The predicted molar refractivity (Wildman–Crippen MR) is 107 cm³/mol. The van der Waals surface area contributed by atoms with Gasteiger partial charge >= 0.3 is 0 Å². The lowest BCUT2D eigenvalue weighted by Gasteiger charge is -2.49. The van der Waals surface area contributed by atoms with Gasteiger partial charge in [0.25, 0.3) is 0 Å². The van der Waals surface area contributed by atoms with Crippen molar-refractivity contribution in [2.24, 2.45) is 5.92 Å². The number of carbonyl (C=O) groups excluding carboxylic acids is 1. The molecule has 3 heterocycles. The molecule has 1 aromatic rings. The number of piperazine rings is 1. The Bertz CT molecular complexity index is 704. The van der Waals surface area contributed by atoms with Crippen molar-refractivity contribution in [2.45, 2.75) is 57.9 Å². The standard InChI is InChI=1S/C21H33N5O/c1-4-18-13-19(23-16(2)22-18)26-12-11-24(3)21(15-26)8-7-20(27)25(10-9-21)14-17-5-6-17/h13,17H,4-12,14-15H2,1-3H3/t21-/m0/s1. The molecule has 6 heteroatoms. The molecule has 3 aliphatic rings. The van der Waals surface area contributed by atoms with Gasteiger partial charge in [0.2, 0.25) is 5.91 Å². The molecule has 1 amide bonds. The van der Waals surface area contributed by atoms with E-state index in [-0.39, 0.29) is 5.54 Å². The van der Waals surface area contributed by atoms with Gasteiger partial charge in [-0.3, -0.25) is 9.69 Å². The number of carbonyl (C=O) groups is 1. The van der Waals surface area contributed by atoms with Gasteiger partial charge in [0.15, 0.2) is 0 Å². The van der Waals surface area contributed by atoms with Crippen molar-refractivity contribution >= 4 is 11.7 Å². The molecule has 0 N–H and O–H groups in total. The molecule has 1 atom stereocenters. The topological polar surface area (TPSA) is 52.6 Å². The largest absolute Gasteiger partial charge is 0.353 e. The van der Waals surface area contributed by atoms with E-state index in [1.54, 1.807) is 0 Å². The van der Waals surface area contributed by atoms with Crippen molar-refractivity contribution in [3.63, 3.8) is 0 Å². The fraction of sp³-hybridized carbons (Fsp3) is 0.762. The fourth-order valence-corrected chi connectivity index (χ4v) is 4.65. The summed E-state index contributed by atoms with van der Waals surface area (Å²) in [7, 11) is 2.24. The van der Waals surface area contributed by atoms with Crippen molar-refractivity contribution in [1.29, 1.82) is 0 Å². The summed E-state index contributed by atoms with van der Waals surface area (Å²) >= 11 is 0. The van der Waals surface area contributed by atoms with Crippen LogP contribution in [0.15, 0.2) is 6.07 Å². The van der Waals surface area contributed by atoms with E-state index in [0.29, 0.717) is 12.3 Å². The summed E-state index contributed by atoms with van der Waals surface area (Å²) in [4.78, 5) is 29.0. The van der Waals surface area contributed by atoms with Gasteiger partial charge in [-0.1, -0.05) is 6.92 Å². The number of aromatic nitrogens is 2. The van der Waals surface area contributed by atoms with Crippen LogP contribution in [0.25, 0.3) is 0 Å². The molecule has 0 unspecified atom stereocenters. The highest BCUT2D eigenvalue weighted by Crippen LogP contribution is 2.36. The van der Waals surface area contributed by atoms with Crippen LogP contribution in [-0.4, -0.2) is 71.0 Å². The fourth-order valence-electron chi connectivity index (χ4n) is 4.65. The second-order valence-corrected chi connectivity index (χ2v) is 8.72. The molecule has 1 saturated carbocycles. The van der Waals surface area contributed by atoms with Crippen molar-refractivity contribution in [1.82, 2.24) is 19.8 Å². The van der Waals surface area contributed by atoms with E-state index in [4.69, 9.17) is 4.98 Å². The maximum absolute atomic E-state index is 12.7. The number of hydrogen-bond donors (Lipinski definition) is 0. The van der Waals surface area contributed by atoms with Crippen LogP contribution in [0.4, 0.5) is 5.82 Å². The van der Waals surface area contributed by atoms with Crippen molar-refractivity contribution in [3.05, 3.63) is 17.6 Å². The highest BCUT2D eigenvalue weighted by Gasteiger charge is 2.43. The number of rotatable bonds is 4. The number of likely N-dealkylation sites (tertiary alicyclic amines) is 1. The summed E-state index contributed by atoms with van der Waals surface area (Å²) in [5.74, 6) is 3.02. The normalized spacial score (nSPS) is 27.3. The van der Waals surface area contributed by atoms with Crippen LogP contribution in [-0.2, 0) is 11.2 Å². The molecular formula is C21H33N5O. The van der Waals surface area contributed by atoms with E-state index in [1.165, 1.54) is 12.8 Å². The molecule has 0 radical (unpaired) electrons. The smallest absolute Gasteiger partial charge is 0.222 e. The Hall–Kier alpha value is -1.69. The van der Waals surface area contributed by atoms with Gasteiger partial charge in [-0.15, -0.1) is 0 Å². The highest BCUT2D eigenvalue weighted by molar-refractivity contribution is 5.76. The minimum atomic E-state index is 0.0669. The number of likely N-dealkylation sites (N-methyl/N-ethyl adjacent to an activating group) is 1. The lowest BCUT2D eigenvalue weighted by atomic mass is 9.86. The third-order valence-electron chi connectivity index (χ3n) is 6.74. The van der Waals surface area contributed by atoms with E-state index >= 15 is 0 Å². The monoisotopic (exact) mass is 371 g/mol. The van der Waals surface area contributed by atoms with E-state index in [0.717, 1.165) is 75.2 Å². The summed E-state index contributed by atoms with van der Waals surface area (Å²) in [5, 5.41) is 0. The number of anilines is 1. The molecule has 1 aliphatic carbocycles. The Morgan fingerprint density at radius 3 is 2.74 bits per heavy atom. The third-order valence-corrected chi connectivity index (χ3v) is 6.74. The first kappa shape index (κ1) is 18.7. The molecule has 148 valence electrons. The highest BCUT2D eigenvalue weighted by atomic mass is 16.2. The first-order valence-corrected chi connectivity index (χ1v) is 10.6. The maximum atomic E-state index is 12.7. The number of nitrogens with zero attached hydrogens (tertiary/aromatic N) is 5. The minimum absolute atomic E-state index is 0.0669. The lowest BCUT2D eigenvalue weighted by Crippen LogP contribution is -2.61. The van der Waals surface area contributed by atoms with Crippen molar-refractivity contribution in [2.75, 3.05) is 44.7 Å². The Morgan fingerprint density at radius 2 is 2.00 bits per heavy atom. The molecule has 2 saturated heterocycles. The Kier molecular flexibility index (Phi) is 5.10. The lowest BCUT2D eigenvalue weighted by molar-refractivity contribution is -0.130. The molecule has 2 aliphatic heterocycles. The van der Waals surface area contributed by atoms with Crippen molar-refractivity contribution in [3.8, 4) is 0 Å². The van der Waals surface area contributed by atoms with Gasteiger partial charge in [0, 0.05) is 56.4 Å². The van der Waals surface area contributed by atoms with Crippen LogP contribution in [0.5, 0.6) is 0 Å². The molecular weight excluding hydrogens is 338 g/mol. The number of hydrogen-bond acceptors (Lipinski definition) is 5. The average Bonchev–Trinajstić information content (AvgIpc) is 3.49. The zero-order chi connectivity index (χ0) is 19.0. The molecule has 1 aromatic heterocycles. The molecule has 3 fully saturated rings. The predicted octanol–water partition coefficient (Wildman–Crippen LogP) is 2.26. The van der Waals surface area contributed by atoms with Gasteiger partial charge in [-0.2, -0.15) is 0 Å². The summed E-state index contributed by atoms with van der Waals surface area (Å²) in [6.07, 6.45) is 6.21. The van der Waals surface area contributed by atoms with Crippen LogP contribution < -0.4 is 4.90 Å². The van der Waals surface area contributed by atoms with E-state index < -0.39 is 0 Å². The van der Waals surface area contributed by atoms with Gasteiger partial charge in [0.1, 0.15) is 11.6 Å². The second kappa shape index (κ2) is 7.38. The van der Waals surface area contributed by atoms with E-state index in [9.17, 15) is 4.79 Å². The zero-order valence-corrected chi connectivity index (χ0v) is 17.1. The maximum Gasteiger partial charge on any atom is 0.222 e. The number of aryl methyl sites for hydroxylation is 2. The van der Waals surface area contributed by atoms with E-state index in [2.05, 4.69) is 39.7 Å². The Morgan fingerprint density at radius 1 is 1.19 bits per heavy atom. The Labute approximate surface area is 162 Å².